The number of anilines is 1. The molecule has 0 bridgehead atoms. The predicted molar refractivity (Wildman–Crippen MR) is 98.4 cm³/mol. The first-order valence-electron chi connectivity index (χ1n) is 9.30. The number of phenolic OH excluding ortho intramolecular Hbond substituents is 2. The van der Waals surface area contributed by atoms with Crippen molar-refractivity contribution in [1.29, 1.82) is 0 Å². The van der Waals surface area contributed by atoms with Crippen molar-refractivity contribution in [3.63, 3.8) is 0 Å². The highest BCUT2D eigenvalue weighted by Crippen LogP contribution is 2.54. The molecule has 1 unspecified atom stereocenters. The molecule has 1 atom stereocenters. The monoisotopic (exact) mass is 367 g/mol. The van der Waals surface area contributed by atoms with Gasteiger partial charge in [0.15, 0.2) is 11.5 Å². The maximum atomic E-state index is 13.7. The second-order valence-corrected chi connectivity index (χ2v) is 7.52. The van der Waals surface area contributed by atoms with Gasteiger partial charge >= 0.3 is 0 Å². The molecule has 2 aromatic carbocycles. The molecule has 6 heteroatoms. The highest BCUT2D eigenvalue weighted by Gasteiger charge is 2.57. The van der Waals surface area contributed by atoms with Gasteiger partial charge in [-0.05, 0) is 36.5 Å². The van der Waals surface area contributed by atoms with Gasteiger partial charge in [-0.15, -0.1) is 0 Å². The number of benzene rings is 2. The van der Waals surface area contributed by atoms with Crippen molar-refractivity contribution < 1.29 is 24.5 Å². The van der Waals surface area contributed by atoms with Crippen LogP contribution in [0.5, 0.6) is 17.2 Å². The number of nitrogens with zero attached hydrogens (tertiary/aromatic N) is 1. The third-order valence-electron chi connectivity index (χ3n) is 6.03. The summed E-state index contributed by atoms with van der Waals surface area (Å²) in [5.74, 6) is 0.330. The lowest BCUT2D eigenvalue weighted by Gasteiger charge is -2.29. The third kappa shape index (κ3) is 2.26. The Balaban J connectivity index is 1.61. The zero-order valence-corrected chi connectivity index (χ0v) is 14.9. The number of phenols is 2. The van der Waals surface area contributed by atoms with E-state index in [1.165, 1.54) is 12.1 Å². The topological polar surface area (TPSA) is 79.2 Å². The van der Waals surface area contributed by atoms with Crippen LogP contribution >= 0.6 is 0 Å². The molecular formula is C21H21NO5. The molecule has 0 radical (unpaired) electrons. The van der Waals surface area contributed by atoms with Gasteiger partial charge in [-0.3, -0.25) is 4.79 Å². The van der Waals surface area contributed by atoms with Crippen LogP contribution in [-0.2, 0) is 14.9 Å². The Hall–Kier alpha value is -2.73. The van der Waals surface area contributed by atoms with Crippen LogP contribution in [0.3, 0.4) is 0 Å². The Morgan fingerprint density at radius 1 is 1.07 bits per heavy atom. The highest BCUT2D eigenvalue weighted by atomic mass is 16.5. The molecule has 1 fully saturated rings. The van der Waals surface area contributed by atoms with E-state index in [1.54, 1.807) is 0 Å². The fourth-order valence-electron chi connectivity index (χ4n) is 4.57. The number of carbonyl (C=O) groups excluding carboxylic acids is 1. The van der Waals surface area contributed by atoms with E-state index < -0.39 is 5.41 Å². The second-order valence-electron chi connectivity index (χ2n) is 7.52. The van der Waals surface area contributed by atoms with E-state index >= 15 is 0 Å². The number of hydrogen-bond donors (Lipinski definition) is 2. The Morgan fingerprint density at radius 3 is 2.63 bits per heavy atom. The summed E-state index contributed by atoms with van der Waals surface area (Å²) in [5.41, 5.74) is 1.44. The minimum atomic E-state index is -0.970. The average Bonchev–Trinajstić information content (AvgIpc) is 3.16. The maximum absolute atomic E-state index is 13.7. The van der Waals surface area contributed by atoms with E-state index in [9.17, 15) is 15.0 Å². The maximum Gasteiger partial charge on any atom is 0.245 e. The normalized spacial score (nSPS) is 24.1. The highest BCUT2D eigenvalue weighted by molar-refractivity contribution is 6.11. The van der Waals surface area contributed by atoms with Gasteiger partial charge in [-0.2, -0.15) is 0 Å². The molecule has 3 aliphatic heterocycles. The first-order chi connectivity index (χ1) is 13.1. The molecule has 27 heavy (non-hydrogen) atoms. The largest absolute Gasteiger partial charge is 0.504 e. The van der Waals surface area contributed by atoms with Gasteiger partial charge in [0.05, 0.1) is 0 Å². The fraction of sp³-hybridized carbons (Fsp3) is 0.381. The number of rotatable bonds is 2. The van der Waals surface area contributed by atoms with Crippen LogP contribution in [0.1, 0.15) is 24.0 Å². The van der Waals surface area contributed by atoms with Gasteiger partial charge in [0, 0.05) is 37.1 Å². The van der Waals surface area contributed by atoms with E-state index in [0.29, 0.717) is 23.8 Å². The third-order valence-corrected chi connectivity index (χ3v) is 6.03. The molecule has 0 aromatic heterocycles. The van der Waals surface area contributed by atoms with Crippen molar-refractivity contribution in [2.45, 2.75) is 18.3 Å². The molecule has 3 heterocycles. The zero-order valence-electron chi connectivity index (χ0n) is 14.9. The van der Waals surface area contributed by atoms with Crippen LogP contribution in [0.15, 0.2) is 36.4 Å². The molecule has 1 spiro atoms. The molecular weight excluding hydrogens is 346 g/mol. The van der Waals surface area contributed by atoms with E-state index in [-0.39, 0.29) is 24.0 Å². The summed E-state index contributed by atoms with van der Waals surface area (Å²) in [6, 6.07) is 10.6. The number of amides is 1. The van der Waals surface area contributed by atoms with Crippen molar-refractivity contribution >= 4 is 11.6 Å². The molecule has 0 aliphatic carbocycles. The Labute approximate surface area is 156 Å². The first kappa shape index (κ1) is 16.4. The van der Waals surface area contributed by atoms with Crippen LogP contribution in [0, 0.1) is 5.92 Å². The molecule has 2 aromatic rings. The summed E-state index contributed by atoms with van der Waals surface area (Å²) in [7, 11) is 0. The second kappa shape index (κ2) is 5.89. The molecule has 1 amide bonds. The number of para-hydroxylation sites is 1. The van der Waals surface area contributed by atoms with Gasteiger partial charge in [-0.1, -0.05) is 18.2 Å². The lowest BCUT2D eigenvalue weighted by molar-refractivity contribution is -0.122. The van der Waals surface area contributed by atoms with Crippen molar-refractivity contribution in [2.75, 3.05) is 31.3 Å². The standard InChI is InChI=1S/C21H21NO5/c23-17-9-15-19(10-18(17)24)27-12-21(15)14-3-1-2-4-16(14)22(20(21)25)11-13-5-7-26-8-6-13/h1-4,9-10,13,23-24H,5-8,11-12H2. The smallest absolute Gasteiger partial charge is 0.245 e. The van der Waals surface area contributed by atoms with E-state index in [4.69, 9.17) is 9.47 Å². The van der Waals surface area contributed by atoms with Crippen LogP contribution < -0.4 is 9.64 Å². The van der Waals surface area contributed by atoms with Crippen molar-refractivity contribution in [1.82, 2.24) is 0 Å². The zero-order chi connectivity index (χ0) is 18.6. The van der Waals surface area contributed by atoms with Gasteiger partial charge in [0.2, 0.25) is 5.91 Å². The number of ether oxygens (including phenoxy) is 2. The Bertz CT molecular complexity index is 921. The number of hydrogen-bond acceptors (Lipinski definition) is 5. The summed E-state index contributed by atoms with van der Waals surface area (Å²) in [4.78, 5) is 15.6. The van der Waals surface area contributed by atoms with Crippen molar-refractivity contribution in [3.05, 3.63) is 47.5 Å². The number of carbonyl (C=O) groups is 1. The molecule has 6 nitrogen and oxygen atoms in total. The molecule has 0 saturated carbocycles. The minimum Gasteiger partial charge on any atom is -0.504 e. The summed E-state index contributed by atoms with van der Waals surface area (Å²) < 4.78 is 11.2. The van der Waals surface area contributed by atoms with Gasteiger partial charge in [0.25, 0.3) is 0 Å². The van der Waals surface area contributed by atoms with Crippen LogP contribution in [-0.4, -0.2) is 42.5 Å². The first-order valence-corrected chi connectivity index (χ1v) is 9.30. The van der Waals surface area contributed by atoms with E-state index in [0.717, 1.165) is 37.3 Å². The summed E-state index contributed by atoms with van der Waals surface area (Å²) in [5, 5.41) is 19.9. The molecule has 1 saturated heterocycles. The lowest BCUT2D eigenvalue weighted by Crippen LogP contribution is -2.44. The Kier molecular flexibility index (Phi) is 3.59. The van der Waals surface area contributed by atoms with Crippen LogP contribution in [0.25, 0.3) is 0 Å². The summed E-state index contributed by atoms with van der Waals surface area (Å²) in [6.07, 6.45) is 1.89. The lowest BCUT2D eigenvalue weighted by atomic mass is 9.77. The molecule has 3 aliphatic rings. The van der Waals surface area contributed by atoms with Gasteiger partial charge in [0.1, 0.15) is 17.8 Å². The average molecular weight is 367 g/mol. The molecule has 5 rings (SSSR count). The summed E-state index contributed by atoms with van der Waals surface area (Å²) >= 11 is 0. The number of aromatic hydroxyl groups is 2. The van der Waals surface area contributed by atoms with Gasteiger partial charge in [-0.25, -0.2) is 0 Å². The SMILES string of the molecule is O=C1N(CC2CCOCC2)c2ccccc2C12COc1cc(O)c(O)cc12. The number of fused-ring (bicyclic) bond motifs is 4. The fourth-order valence-corrected chi connectivity index (χ4v) is 4.57. The minimum absolute atomic E-state index is 0.0287. The van der Waals surface area contributed by atoms with E-state index in [2.05, 4.69) is 0 Å². The van der Waals surface area contributed by atoms with Crippen molar-refractivity contribution in [2.24, 2.45) is 5.92 Å². The van der Waals surface area contributed by atoms with E-state index in [1.807, 2.05) is 29.2 Å². The van der Waals surface area contributed by atoms with Crippen molar-refractivity contribution in [3.8, 4) is 17.2 Å². The summed E-state index contributed by atoms with van der Waals surface area (Å²) in [6.45, 7) is 2.29. The van der Waals surface area contributed by atoms with Crippen LogP contribution in [0.4, 0.5) is 5.69 Å². The molecule has 140 valence electrons. The predicted octanol–water partition coefficient (Wildman–Crippen LogP) is 2.55. The molecule has 2 N–H and O–H groups in total. The Morgan fingerprint density at radius 2 is 1.81 bits per heavy atom. The quantitative estimate of drug-likeness (QED) is 0.798. The van der Waals surface area contributed by atoms with Gasteiger partial charge < -0.3 is 24.6 Å². The van der Waals surface area contributed by atoms with Crippen LogP contribution in [0.2, 0.25) is 0 Å².